The van der Waals surface area contributed by atoms with Gasteiger partial charge < -0.3 is 14.8 Å². The fourth-order valence-corrected chi connectivity index (χ4v) is 3.25. The molecule has 7 heteroatoms. The summed E-state index contributed by atoms with van der Waals surface area (Å²) in [6, 6.07) is 4.04. The molecular formula is C14H19N5OS. The van der Waals surface area contributed by atoms with E-state index in [1.165, 1.54) is 11.3 Å². The summed E-state index contributed by atoms with van der Waals surface area (Å²) in [5, 5.41) is 5.48. The SMILES string of the molecule is C[C@@H]1CN(C)CCN1C(=O)Nc1nc(-c2ccc[nH]2)cs1. The van der Waals surface area contributed by atoms with E-state index in [4.69, 9.17) is 0 Å². The summed E-state index contributed by atoms with van der Waals surface area (Å²) in [6.45, 7) is 4.63. The van der Waals surface area contributed by atoms with E-state index in [1.807, 2.05) is 28.6 Å². The number of hydrogen-bond donors (Lipinski definition) is 2. The maximum atomic E-state index is 12.3. The number of hydrogen-bond acceptors (Lipinski definition) is 4. The van der Waals surface area contributed by atoms with Crippen LogP contribution in [0.25, 0.3) is 11.4 Å². The largest absolute Gasteiger partial charge is 0.360 e. The molecule has 0 radical (unpaired) electrons. The second-order valence-corrected chi connectivity index (χ2v) is 6.21. The molecule has 1 aliphatic rings. The molecule has 2 amide bonds. The first-order valence-corrected chi connectivity index (χ1v) is 7.87. The van der Waals surface area contributed by atoms with Crippen LogP contribution in [0, 0.1) is 0 Å². The van der Waals surface area contributed by atoms with Gasteiger partial charge in [0.1, 0.15) is 0 Å². The number of H-pyrrole nitrogens is 1. The van der Waals surface area contributed by atoms with Crippen molar-refractivity contribution in [3.8, 4) is 11.4 Å². The molecule has 0 bridgehead atoms. The van der Waals surface area contributed by atoms with Gasteiger partial charge in [-0.15, -0.1) is 11.3 Å². The molecule has 0 aromatic carbocycles. The molecule has 3 heterocycles. The van der Waals surface area contributed by atoms with Gasteiger partial charge >= 0.3 is 6.03 Å². The molecule has 2 N–H and O–H groups in total. The third-order valence-electron chi connectivity index (χ3n) is 3.68. The van der Waals surface area contributed by atoms with E-state index in [9.17, 15) is 4.79 Å². The highest BCUT2D eigenvalue weighted by atomic mass is 32.1. The van der Waals surface area contributed by atoms with Crippen LogP contribution in [0.3, 0.4) is 0 Å². The Morgan fingerprint density at radius 3 is 3.10 bits per heavy atom. The minimum Gasteiger partial charge on any atom is -0.360 e. The van der Waals surface area contributed by atoms with Gasteiger partial charge in [0.25, 0.3) is 0 Å². The first kappa shape index (κ1) is 14.1. The van der Waals surface area contributed by atoms with Crippen LogP contribution in [0.2, 0.25) is 0 Å². The smallest absolute Gasteiger partial charge is 0.323 e. The average Bonchev–Trinajstić information content (AvgIpc) is 3.08. The van der Waals surface area contributed by atoms with Crippen molar-refractivity contribution in [2.45, 2.75) is 13.0 Å². The van der Waals surface area contributed by atoms with E-state index >= 15 is 0 Å². The Balaban J connectivity index is 1.65. The normalized spacial score (nSPS) is 19.7. The summed E-state index contributed by atoms with van der Waals surface area (Å²) in [5.74, 6) is 0. The van der Waals surface area contributed by atoms with Gasteiger partial charge in [-0.25, -0.2) is 9.78 Å². The highest BCUT2D eigenvalue weighted by Crippen LogP contribution is 2.24. The van der Waals surface area contributed by atoms with Crippen LogP contribution < -0.4 is 5.32 Å². The molecular weight excluding hydrogens is 286 g/mol. The lowest BCUT2D eigenvalue weighted by Crippen LogP contribution is -2.53. The Morgan fingerprint density at radius 2 is 2.38 bits per heavy atom. The predicted molar refractivity (Wildman–Crippen MR) is 84.6 cm³/mol. The molecule has 21 heavy (non-hydrogen) atoms. The Hall–Kier alpha value is -1.86. The second kappa shape index (κ2) is 5.87. The Kier molecular flexibility index (Phi) is 3.94. The lowest BCUT2D eigenvalue weighted by atomic mass is 10.2. The molecule has 1 atom stereocenters. The van der Waals surface area contributed by atoms with Gasteiger partial charge in [-0.3, -0.25) is 5.32 Å². The predicted octanol–water partition coefficient (Wildman–Crippen LogP) is 2.31. The number of piperazine rings is 1. The molecule has 0 saturated carbocycles. The highest BCUT2D eigenvalue weighted by molar-refractivity contribution is 7.14. The molecule has 0 aliphatic carbocycles. The average molecular weight is 305 g/mol. The Morgan fingerprint density at radius 1 is 1.52 bits per heavy atom. The molecule has 1 saturated heterocycles. The van der Waals surface area contributed by atoms with E-state index in [0.717, 1.165) is 31.0 Å². The van der Waals surface area contributed by atoms with Crippen LogP contribution >= 0.6 is 11.3 Å². The van der Waals surface area contributed by atoms with Gasteiger partial charge in [0.15, 0.2) is 5.13 Å². The number of rotatable bonds is 2. The number of carbonyl (C=O) groups excluding carboxylic acids is 1. The molecule has 3 rings (SSSR count). The van der Waals surface area contributed by atoms with Crippen molar-refractivity contribution in [3.05, 3.63) is 23.7 Å². The number of carbonyl (C=O) groups is 1. The maximum absolute atomic E-state index is 12.3. The van der Waals surface area contributed by atoms with Crippen molar-refractivity contribution in [3.63, 3.8) is 0 Å². The fraction of sp³-hybridized carbons (Fsp3) is 0.429. The van der Waals surface area contributed by atoms with Crippen molar-refractivity contribution in [1.82, 2.24) is 19.8 Å². The Bertz CT molecular complexity index is 609. The summed E-state index contributed by atoms with van der Waals surface area (Å²) >= 11 is 1.44. The van der Waals surface area contributed by atoms with E-state index in [2.05, 4.69) is 34.2 Å². The van der Waals surface area contributed by atoms with Gasteiger partial charge in [-0.05, 0) is 26.1 Å². The van der Waals surface area contributed by atoms with E-state index in [0.29, 0.717) is 5.13 Å². The third kappa shape index (κ3) is 3.08. The first-order chi connectivity index (χ1) is 10.1. The van der Waals surface area contributed by atoms with Crippen molar-refractivity contribution in [1.29, 1.82) is 0 Å². The fourth-order valence-electron chi connectivity index (χ4n) is 2.55. The zero-order valence-electron chi connectivity index (χ0n) is 12.2. The minimum atomic E-state index is -0.0667. The number of likely N-dealkylation sites (N-methyl/N-ethyl adjacent to an activating group) is 1. The standard InChI is InChI=1S/C14H19N5OS/c1-10-8-18(2)6-7-19(10)14(20)17-13-16-12(9-21-13)11-4-3-5-15-11/h3-5,9-10,15H,6-8H2,1-2H3,(H,16,17,20)/t10-/m1/s1. The number of nitrogens with zero attached hydrogens (tertiary/aromatic N) is 3. The summed E-state index contributed by atoms with van der Waals surface area (Å²) in [4.78, 5) is 24.0. The third-order valence-corrected chi connectivity index (χ3v) is 4.44. The molecule has 1 fully saturated rings. The number of anilines is 1. The van der Waals surface area contributed by atoms with Gasteiger partial charge in [0, 0.05) is 37.3 Å². The van der Waals surface area contributed by atoms with Crippen LogP contribution in [0.4, 0.5) is 9.93 Å². The van der Waals surface area contributed by atoms with Crippen LogP contribution in [-0.2, 0) is 0 Å². The van der Waals surface area contributed by atoms with Crippen LogP contribution in [0.1, 0.15) is 6.92 Å². The topological polar surface area (TPSA) is 64.3 Å². The van der Waals surface area contributed by atoms with Gasteiger partial charge in [0.2, 0.25) is 0 Å². The van der Waals surface area contributed by atoms with Crippen LogP contribution in [-0.4, -0.2) is 58.5 Å². The van der Waals surface area contributed by atoms with Crippen molar-refractivity contribution >= 4 is 22.5 Å². The number of nitrogens with one attached hydrogen (secondary N) is 2. The summed E-state index contributed by atoms with van der Waals surface area (Å²) in [6.07, 6.45) is 1.86. The van der Waals surface area contributed by atoms with E-state index < -0.39 is 0 Å². The van der Waals surface area contributed by atoms with Gasteiger partial charge in [-0.2, -0.15) is 0 Å². The molecule has 1 aliphatic heterocycles. The highest BCUT2D eigenvalue weighted by Gasteiger charge is 2.26. The first-order valence-electron chi connectivity index (χ1n) is 6.99. The van der Waals surface area contributed by atoms with Crippen molar-refractivity contribution in [2.75, 3.05) is 32.0 Å². The van der Waals surface area contributed by atoms with Gasteiger partial charge in [-0.1, -0.05) is 0 Å². The molecule has 6 nitrogen and oxygen atoms in total. The summed E-state index contributed by atoms with van der Waals surface area (Å²) in [7, 11) is 2.08. The monoisotopic (exact) mass is 305 g/mol. The summed E-state index contributed by atoms with van der Waals surface area (Å²) in [5.41, 5.74) is 1.81. The van der Waals surface area contributed by atoms with Crippen LogP contribution in [0.15, 0.2) is 23.7 Å². The number of urea groups is 1. The molecule has 2 aromatic heterocycles. The van der Waals surface area contributed by atoms with Crippen molar-refractivity contribution in [2.24, 2.45) is 0 Å². The molecule has 2 aromatic rings. The quantitative estimate of drug-likeness (QED) is 0.895. The van der Waals surface area contributed by atoms with Crippen molar-refractivity contribution < 1.29 is 4.79 Å². The zero-order chi connectivity index (χ0) is 14.8. The zero-order valence-corrected chi connectivity index (χ0v) is 13.0. The number of aromatic nitrogens is 2. The Labute approximate surface area is 127 Å². The van der Waals surface area contributed by atoms with E-state index in [-0.39, 0.29) is 12.1 Å². The minimum absolute atomic E-state index is 0.0667. The van der Waals surface area contributed by atoms with E-state index in [1.54, 1.807) is 0 Å². The van der Waals surface area contributed by atoms with Gasteiger partial charge in [0.05, 0.1) is 11.4 Å². The van der Waals surface area contributed by atoms with Crippen LogP contribution in [0.5, 0.6) is 0 Å². The maximum Gasteiger partial charge on any atom is 0.323 e. The summed E-state index contributed by atoms with van der Waals surface area (Å²) < 4.78 is 0. The lowest BCUT2D eigenvalue weighted by Gasteiger charge is -2.37. The second-order valence-electron chi connectivity index (χ2n) is 5.36. The molecule has 0 unspecified atom stereocenters. The number of amides is 2. The number of thiazole rings is 1. The number of aromatic amines is 1. The lowest BCUT2D eigenvalue weighted by molar-refractivity contribution is 0.125. The molecule has 112 valence electrons. The molecule has 0 spiro atoms.